The quantitative estimate of drug-likeness (QED) is 0.702. The summed E-state index contributed by atoms with van der Waals surface area (Å²) in [4.78, 5) is 10.1. The number of hydrogen-bond donors (Lipinski definition) is 1. The van der Waals surface area contributed by atoms with Crippen LogP contribution in [0.4, 0.5) is 0 Å². The maximum Gasteiger partial charge on any atom is 0.412 e. The normalized spacial score (nSPS) is 19.5. The van der Waals surface area contributed by atoms with Crippen molar-refractivity contribution in [1.29, 1.82) is 0 Å². The van der Waals surface area contributed by atoms with Gasteiger partial charge in [0.1, 0.15) is 11.1 Å². The summed E-state index contributed by atoms with van der Waals surface area (Å²) in [5.74, 6) is 0.397. The molecule has 0 fully saturated rings. The lowest BCUT2D eigenvalue weighted by molar-refractivity contribution is 0.392. The van der Waals surface area contributed by atoms with Gasteiger partial charge in [-0.05, 0) is 24.3 Å². The molecule has 1 unspecified atom stereocenters. The Morgan fingerprint density at radius 2 is 1.76 bits per heavy atom. The van der Waals surface area contributed by atoms with Crippen LogP contribution >= 0.6 is 7.60 Å². The van der Waals surface area contributed by atoms with Gasteiger partial charge in [0.15, 0.2) is 0 Å². The lowest BCUT2D eigenvalue weighted by Gasteiger charge is -2.22. The van der Waals surface area contributed by atoms with Gasteiger partial charge in [-0.1, -0.05) is 30.3 Å². The van der Waals surface area contributed by atoms with Crippen LogP contribution < -0.4 is 9.83 Å². The molecule has 0 aliphatic carbocycles. The van der Waals surface area contributed by atoms with E-state index in [1.807, 2.05) is 42.5 Å². The Bertz CT molecular complexity index is 874. The van der Waals surface area contributed by atoms with Gasteiger partial charge in [-0.15, -0.1) is 0 Å². The van der Waals surface area contributed by atoms with E-state index in [2.05, 4.69) is 5.10 Å². The minimum atomic E-state index is -3.89. The molecule has 0 bridgehead atoms. The standard InChI is InChI=1S/C15H11N2O3P/c18-21(19)14-10-16-17(11-6-2-1-3-7-11)15(14)12-8-4-5-9-13(12)20-21/h1-10H,(H,18,19). The van der Waals surface area contributed by atoms with Gasteiger partial charge < -0.3 is 9.42 Å². The van der Waals surface area contributed by atoms with E-state index in [0.717, 1.165) is 11.3 Å². The largest absolute Gasteiger partial charge is 0.421 e. The van der Waals surface area contributed by atoms with Crippen molar-refractivity contribution in [2.45, 2.75) is 0 Å². The predicted octanol–water partition coefficient (Wildman–Crippen LogP) is 2.74. The average Bonchev–Trinajstić information content (AvgIpc) is 2.94. The molecule has 104 valence electrons. The molecule has 1 aliphatic rings. The highest BCUT2D eigenvalue weighted by atomic mass is 31.2. The SMILES string of the molecule is O=P1(O)Oc2ccccc2-c2c1cnn2-c1ccccc1. The molecule has 5 nitrogen and oxygen atoms in total. The summed E-state index contributed by atoms with van der Waals surface area (Å²) in [7, 11) is -3.89. The highest BCUT2D eigenvalue weighted by molar-refractivity contribution is 7.62. The predicted molar refractivity (Wildman–Crippen MR) is 79.1 cm³/mol. The Balaban J connectivity index is 2.05. The van der Waals surface area contributed by atoms with Crippen molar-refractivity contribution in [2.24, 2.45) is 0 Å². The van der Waals surface area contributed by atoms with E-state index in [1.54, 1.807) is 16.8 Å². The molecular weight excluding hydrogens is 287 g/mol. The van der Waals surface area contributed by atoms with E-state index >= 15 is 0 Å². The van der Waals surface area contributed by atoms with Crippen molar-refractivity contribution in [1.82, 2.24) is 9.78 Å². The zero-order chi connectivity index (χ0) is 14.4. The third-order valence-corrected chi connectivity index (χ3v) is 4.80. The van der Waals surface area contributed by atoms with E-state index in [-0.39, 0.29) is 5.30 Å². The molecule has 6 heteroatoms. The number of fused-ring (bicyclic) bond motifs is 3. The van der Waals surface area contributed by atoms with Crippen LogP contribution in [0, 0.1) is 0 Å². The lowest BCUT2D eigenvalue weighted by Crippen LogP contribution is -2.17. The van der Waals surface area contributed by atoms with Gasteiger partial charge in [0.2, 0.25) is 0 Å². The minimum absolute atomic E-state index is 0.227. The molecule has 0 radical (unpaired) electrons. The molecule has 2 aromatic carbocycles. The van der Waals surface area contributed by atoms with Gasteiger partial charge in [0.05, 0.1) is 17.6 Å². The first-order valence-electron chi connectivity index (χ1n) is 6.43. The maximum atomic E-state index is 12.3. The smallest absolute Gasteiger partial charge is 0.412 e. The molecule has 1 N–H and O–H groups in total. The first kappa shape index (κ1) is 12.4. The molecule has 1 aromatic heterocycles. The highest BCUT2D eigenvalue weighted by Gasteiger charge is 2.37. The van der Waals surface area contributed by atoms with Gasteiger partial charge in [-0.2, -0.15) is 5.10 Å². The Kier molecular flexibility index (Phi) is 2.55. The van der Waals surface area contributed by atoms with Gasteiger partial charge in [0, 0.05) is 5.56 Å². The minimum Gasteiger partial charge on any atom is -0.421 e. The monoisotopic (exact) mass is 298 g/mol. The van der Waals surface area contributed by atoms with Gasteiger partial charge >= 0.3 is 7.60 Å². The van der Waals surface area contributed by atoms with Crippen molar-refractivity contribution in [2.75, 3.05) is 0 Å². The number of aromatic nitrogens is 2. The van der Waals surface area contributed by atoms with E-state index in [9.17, 15) is 9.46 Å². The van der Waals surface area contributed by atoms with Crippen LogP contribution in [0.15, 0.2) is 60.8 Å². The average molecular weight is 298 g/mol. The van der Waals surface area contributed by atoms with Crippen LogP contribution in [-0.2, 0) is 4.57 Å². The molecule has 3 aromatic rings. The first-order valence-corrected chi connectivity index (χ1v) is 8.00. The molecule has 0 saturated carbocycles. The molecule has 2 heterocycles. The van der Waals surface area contributed by atoms with Crippen LogP contribution in [0.5, 0.6) is 5.75 Å². The Labute approximate surface area is 121 Å². The fourth-order valence-corrected chi connectivity index (χ4v) is 3.69. The Morgan fingerprint density at radius 1 is 1.05 bits per heavy atom. The second kappa shape index (κ2) is 4.32. The summed E-state index contributed by atoms with van der Waals surface area (Å²) >= 11 is 0. The summed E-state index contributed by atoms with van der Waals surface area (Å²) in [6.45, 7) is 0. The number of hydrogen-bond acceptors (Lipinski definition) is 3. The number of para-hydroxylation sites is 2. The van der Waals surface area contributed by atoms with Crippen molar-refractivity contribution in [3.8, 4) is 22.7 Å². The van der Waals surface area contributed by atoms with E-state index in [1.165, 1.54) is 6.20 Å². The summed E-state index contributed by atoms with van der Waals surface area (Å²) in [5, 5.41) is 4.49. The summed E-state index contributed by atoms with van der Waals surface area (Å²) < 4.78 is 19.3. The maximum absolute atomic E-state index is 12.3. The molecule has 1 atom stereocenters. The van der Waals surface area contributed by atoms with Crippen LogP contribution in [0.1, 0.15) is 0 Å². The van der Waals surface area contributed by atoms with Crippen molar-refractivity contribution < 1.29 is 14.0 Å². The molecule has 21 heavy (non-hydrogen) atoms. The van der Waals surface area contributed by atoms with E-state index < -0.39 is 7.60 Å². The molecule has 0 amide bonds. The summed E-state index contributed by atoms with van der Waals surface area (Å²) in [6.07, 6.45) is 1.40. The molecule has 0 saturated heterocycles. The van der Waals surface area contributed by atoms with Crippen molar-refractivity contribution in [3.05, 3.63) is 60.8 Å². The third-order valence-electron chi connectivity index (χ3n) is 3.42. The summed E-state index contributed by atoms with van der Waals surface area (Å²) in [5.41, 5.74) is 2.19. The van der Waals surface area contributed by atoms with Gasteiger partial charge in [-0.3, -0.25) is 0 Å². The van der Waals surface area contributed by atoms with Crippen LogP contribution in [0.3, 0.4) is 0 Å². The van der Waals surface area contributed by atoms with E-state index in [4.69, 9.17) is 4.52 Å². The second-order valence-electron chi connectivity index (χ2n) is 4.73. The van der Waals surface area contributed by atoms with Gasteiger partial charge in [0.25, 0.3) is 0 Å². The first-order chi connectivity index (χ1) is 10.2. The number of rotatable bonds is 1. The fraction of sp³-hybridized carbons (Fsp3) is 0. The van der Waals surface area contributed by atoms with Crippen LogP contribution in [-0.4, -0.2) is 14.7 Å². The van der Waals surface area contributed by atoms with Crippen molar-refractivity contribution >= 4 is 12.9 Å². The van der Waals surface area contributed by atoms with Gasteiger partial charge in [-0.25, -0.2) is 9.25 Å². The van der Waals surface area contributed by atoms with Crippen molar-refractivity contribution in [3.63, 3.8) is 0 Å². The van der Waals surface area contributed by atoms with Crippen LogP contribution in [0.25, 0.3) is 16.9 Å². The fourth-order valence-electron chi connectivity index (χ4n) is 2.49. The molecule has 0 spiro atoms. The van der Waals surface area contributed by atoms with Crippen LogP contribution in [0.2, 0.25) is 0 Å². The summed E-state index contributed by atoms with van der Waals surface area (Å²) in [6, 6.07) is 16.7. The number of benzene rings is 2. The molecule has 1 aliphatic heterocycles. The Morgan fingerprint density at radius 3 is 2.57 bits per heavy atom. The Hall–Kier alpha value is -2.36. The van der Waals surface area contributed by atoms with E-state index in [0.29, 0.717) is 11.4 Å². The molecular formula is C15H11N2O3P. The number of nitrogens with zero attached hydrogens (tertiary/aromatic N) is 2. The molecule has 4 rings (SSSR count). The zero-order valence-corrected chi connectivity index (χ0v) is 11.8. The second-order valence-corrected chi connectivity index (χ2v) is 6.44. The topological polar surface area (TPSA) is 64.3 Å². The lowest BCUT2D eigenvalue weighted by atomic mass is 10.1. The third kappa shape index (κ3) is 1.82. The highest BCUT2D eigenvalue weighted by Crippen LogP contribution is 2.51. The zero-order valence-electron chi connectivity index (χ0n) is 10.9.